The summed E-state index contributed by atoms with van der Waals surface area (Å²) in [6, 6.07) is 3.80. The van der Waals surface area contributed by atoms with E-state index < -0.39 is 59.7 Å². The van der Waals surface area contributed by atoms with Crippen LogP contribution in [-0.4, -0.2) is 68.9 Å². The van der Waals surface area contributed by atoms with Gasteiger partial charge in [-0.1, -0.05) is 19.1 Å². The van der Waals surface area contributed by atoms with E-state index >= 15 is 0 Å². The van der Waals surface area contributed by atoms with Crippen LogP contribution >= 0.6 is 0 Å². The maximum Gasteiger partial charge on any atom is 0.331 e. The largest absolute Gasteiger partial charge is 0.481 e. The third-order valence-electron chi connectivity index (χ3n) is 5.56. The van der Waals surface area contributed by atoms with Gasteiger partial charge in [0.2, 0.25) is 0 Å². The standard InChI is InChI=1S/C23H29N3O7/c1-13(12-17(27)28)18(25-19(29)14-8-5-6-9-15(14)20(25)30)21(31)26-16(10-7-11-24-26)22(32)33-23(2,3)4/h5-6,8-9,13,16,18,24H,7,10-12H2,1-4H3,(H,27,28)/t13-,16-,18-/m0/s1. The third-order valence-corrected chi connectivity index (χ3v) is 5.56. The number of rotatable bonds is 6. The number of amides is 3. The van der Waals surface area contributed by atoms with Gasteiger partial charge in [0.15, 0.2) is 0 Å². The van der Waals surface area contributed by atoms with Crippen LogP contribution in [-0.2, 0) is 19.1 Å². The molecule has 10 heteroatoms. The predicted molar refractivity (Wildman–Crippen MR) is 116 cm³/mol. The fraction of sp³-hybridized carbons (Fsp3) is 0.522. The Hall–Kier alpha value is -3.27. The fourth-order valence-corrected chi connectivity index (χ4v) is 4.16. The summed E-state index contributed by atoms with van der Waals surface area (Å²) in [4.78, 5) is 65.0. The van der Waals surface area contributed by atoms with E-state index in [4.69, 9.17) is 4.74 Å². The number of fused-ring (bicyclic) bond motifs is 1. The number of carboxylic acids is 1. The van der Waals surface area contributed by atoms with Crippen LogP contribution in [0.2, 0.25) is 0 Å². The summed E-state index contributed by atoms with van der Waals surface area (Å²) in [6.07, 6.45) is 0.487. The molecule has 0 spiro atoms. The van der Waals surface area contributed by atoms with Gasteiger partial charge in [0.1, 0.15) is 17.7 Å². The Bertz CT molecular complexity index is 950. The molecule has 10 nitrogen and oxygen atoms in total. The van der Waals surface area contributed by atoms with Crippen molar-refractivity contribution in [2.24, 2.45) is 5.92 Å². The Labute approximate surface area is 191 Å². The van der Waals surface area contributed by atoms with Crippen molar-refractivity contribution in [1.82, 2.24) is 15.3 Å². The SMILES string of the molecule is C[C@@H](CC(=O)O)[C@@H](C(=O)N1NCCC[C@H]1C(=O)OC(C)(C)C)N1C(=O)c2ccccc2C1=O. The highest BCUT2D eigenvalue weighted by Gasteiger charge is 2.48. The summed E-state index contributed by atoms with van der Waals surface area (Å²) < 4.78 is 5.47. The van der Waals surface area contributed by atoms with Gasteiger partial charge in [0, 0.05) is 6.54 Å². The summed E-state index contributed by atoms with van der Waals surface area (Å²) in [6.45, 7) is 7.03. The predicted octanol–water partition coefficient (Wildman–Crippen LogP) is 1.60. The van der Waals surface area contributed by atoms with Crippen LogP contribution in [0.1, 0.15) is 67.7 Å². The molecular weight excluding hydrogens is 430 g/mol. The number of nitrogens with zero attached hydrogens (tertiary/aromatic N) is 2. The van der Waals surface area contributed by atoms with Gasteiger partial charge in [0.25, 0.3) is 17.7 Å². The smallest absolute Gasteiger partial charge is 0.331 e. The van der Waals surface area contributed by atoms with Gasteiger partial charge in [-0.15, -0.1) is 0 Å². The number of hydrazine groups is 1. The highest BCUT2D eigenvalue weighted by molar-refractivity contribution is 6.23. The van der Waals surface area contributed by atoms with E-state index in [1.807, 2.05) is 0 Å². The second kappa shape index (κ2) is 9.30. The second-order valence-corrected chi connectivity index (χ2v) is 9.35. The summed E-state index contributed by atoms with van der Waals surface area (Å²) in [5.74, 6) is -4.76. The third kappa shape index (κ3) is 5.05. The number of nitrogens with one attached hydrogen (secondary N) is 1. The van der Waals surface area contributed by atoms with Gasteiger partial charge in [-0.25, -0.2) is 10.2 Å². The number of carbonyl (C=O) groups is 5. The number of hydrogen-bond acceptors (Lipinski definition) is 7. The lowest BCUT2D eigenvalue weighted by Crippen LogP contribution is -2.63. The average molecular weight is 459 g/mol. The van der Waals surface area contributed by atoms with Crippen LogP contribution in [0.15, 0.2) is 24.3 Å². The van der Waals surface area contributed by atoms with Crippen molar-refractivity contribution in [1.29, 1.82) is 0 Å². The summed E-state index contributed by atoms with van der Waals surface area (Å²) in [5, 5.41) is 10.4. The molecule has 33 heavy (non-hydrogen) atoms. The number of esters is 1. The van der Waals surface area contributed by atoms with Crippen LogP contribution < -0.4 is 5.43 Å². The molecule has 2 aliphatic rings. The lowest BCUT2D eigenvalue weighted by molar-refractivity contribution is -0.171. The van der Waals surface area contributed by atoms with Crippen molar-refractivity contribution >= 4 is 29.7 Å². The van der Waals surface area contributed by atoms with Crippen molar-refractivity contribution in [3.05, 3.63) is 35.4 Å². The molecule has 0 bridgehead atoms. The molecule has 0 aromatic heterocycles. The first-order valence-corrected chi connectivity index (χ1v) is 10.9. The number of hydrogen-bond donors (Lipinski definition) is 2. The molecule has 0 unspecified atom stereocenters. The molecule has 3 amide bonds. The molecule has 2 aliphatic heterocycles. The van der Waals surface area contributed by atoms with Gasteiger partial charge in [-0.05, 0) is 51.7 Å². The van der Waals surface area contributed by atoms with Crippen LogP contribution in [0.25, 0.3) is 0 Å². The van der Waals surface area contributed by atoms with Crippen molar-refractivity contribution in [3.63, 3.8) is 0 Å². The van der Waals surface area contributed by atoms with E-state index in [1.165, 1.54) is 19.1 Å². The summed E-state index contributed by atoms with van der Waals surface area (Å²) in [5.41, 5.74) is 2.41. The molecule has 2 N–H and O–H groups in total. The van der Waals surface area contributed by atoms with Crippen molar-refractivity contribution < 1.29 is 33.8 Å². The minimum Gasteiger partial charge on any atom is -0.481 e. The number of imide groups is 1. The molecule has 1 saturated heterocycles. The van der Waals surface area contributed by atoms with Gasteiger partial charge in [0.05, 0.1) is 17.5 Å². The summed E-state index contributed by atoms with van der Waals surface area (Å²) in [7, 11) is 0. The van der Waals surface area contributed by atoms with Gasteiger partial charge >= 0.3 is 11.9 Å². The molecule has 0 aliphatic carbocycles. The first kappa shape index (κ1) is 24.4. The van der Waals surface area contributed by atoms with Crippen molar-refractivity contribution in [2.75, 3.05) is 6.54 Å². The molecule has 1 aromatic rings. The Kier molecular flexibility index (Phi) is 6.87. The van der Waals surface area contributed by atoms with Crippen LogP contribution in [0.5, 0.6) is 0 Å². The Balaban J connectivity index is 1.98. The van der Waals surface area contributed by atoms with Crippen LogP contribution in [0, 0.1) is 5.92 Å². The maximum atomic E-state index is 13.7. The van der Waals surface area contributed by atoms with Crippen LogP contribution in [0.4, 0.5) is 0 Å². The monoisotopic (exact) mass is 459 g/mol. The molecule has 0 saturated carbocycles. The lowest BCUT2D eigenvalue weighted by Gasteiger charge is -2.40. The van der Waals surface area contributed by atoms with E-state index in [1.54, 1.807) is 32.9 Å². The highest BCUT2D eigenvalue weighted by Crippen LogP contribution is 2.30. The molecule has 1 fully saturated rings. The van der Waals surface area contributed by atoms with E-state index in [-0.39, 0.29) is 11.1 Å². The Morgan fingerprint density at radius 2 is 1.73 bits per heavy atom. The molecule has 2 heterocycles. The van der Waals surface area contributed by atoms with E-state index in [0.29, 0.717) is 19.4 Å². The average Bonchev–Trinajstić information content (AvgIpc) is 2.97. The second-order valence-electron chi connectivity index (χ2n) is 9.35. The van der Waals surface area contributed by atoms with Crippen molar-refractivity contribution in [3.8, 4) is 0 Å². The first-order valence-electron chi connectivity index (χ1n) is 10.9. The van der Waals surface area contributed by atoms with E-state index in [9.17, 15) is 29.1 Å². The minimum absolute atomic E-state index is 0.151. The maximum absolute atomic E-state index is 13.7. The van der Waals surface area contributed by atoms with Gasteiger partial charge in [-0.2, -0.15) is 0 Å². The quantitative estimate of drug-likeness (QED) is 0.484. The lowest BCUT2D eigenvalue weighted by atomic mass is 9.94. The normalized spacial score (nSPS) is 20.3. The molecule has 178 valence electrons. The zero-order valence-electron chi connectivity index (χ0n) is 19.2. The molecule has 3 atom stereocenters. The Morgan fingerprint density at radius 1 is 1.15 bits per heavy atom. The zero-order valence-corrected chi connectivity index (χ0v) is 19.2. The van der Waals surface area contributed by atoms with E-state index in [2.05, 4.69) is 5.43 Å². The number of carbonyl (C=O) groups excluding carboxylic acids is 4. The zero-order chi connectivity index (χ0) is 24.5. The van der Waals surface area contributed by atoms with Crippen molar-refractivity contribution in [2.45, 2.75) is 64.6 Å². The number of ether oxygens (including phenoxy) is 1. The van der Waals surface area contributed by atoms with E-state index in [0.717, 1.165) is 9.91 Å². The van der Waals surface area contributed by atoms with Gasteiger partial charge in [-0.3, -0.25) is 29.1 Å². The number of carboxylic acid groups (broad SMARTS) is 1. The van der Waals surface area contributed by atoms with Gasteiger partial charge < -0.3 is 9.84 Å². The molecule has 0 radical (unpaired) electrons. The molecule has 3 rings (SSSR count). The fourth-order valence-electron chi connectivity index (χ4n) is 4.16. The Morgan fingerprint density at radius 3 is 2.24 bits per heavy atom. The van der Waals surface area contributed by atoms with Crippen LogP contribution in [0.3, 0.4) is 0 Å². The minimum atomic E-state index is -1.41. The first-order chi connectivity index (χ1) is 15.4. The summed E-state index contributed by atoms with van der Waals surface area (Å²) >= 11 is 0. The number of aliphatic carboxylic acids is 1. The highest BCUT2D eigenvalue weighted by atomic mass is 16.6. The molecular formula is C23H29N3O7. The molecule has 1 aromatic carbocycles. The topological polar surface area (TPSA) is 133 Å². The number of benzene rings is 1.